The number of piperidine rings is 2. The van der Waals surface area contributed by atoms with Gasteiger partial charge >= 0.3 is 0 Å². The molecule has 0 aromatic heterocycles. The molecule has 2 aliphatic carbocycles. The Morgan fingerprint density at radius 2 is 1.81 bits per heavy atom. The maximum Gasteiger partial charge on any atom is 0.265 e. The van der Waals surface area contributed by atoms with E-state index >= 15 is 0 Å². The van der Waals surface area contributed by atoms with Crippen LogP contribution in [0.25, 0.3) is 0 Å². The van der Waals surface area contributed by atoms with Gasteiger partial charge in [0.25, 0.3) is 11.8 Å². The Labute approximate surface area is 191 Å². The smallest absolute Gasteiger partial charge is 0.265 e. The van der Waals surface area contributed by atoms with Crippen LogP contribution in [0.2, 0.25) is 0 Å². The monoisotopic (exact) mass is 441 g/mol. The number of hydrogen-bond donors (Lipinski definition) is 1. The number of rotatable bonds is 4. The summed E-state index contributed by atoms with van der Waals surface area (Å²) in [7, 11) is 0. The molecule has 0 aromatic rings. The van der Waals surface area contributed by atoms with E-state index in [0.717, 1.165) is 38.1 Å². The average molecular weight is 442 g/mol. The van der Waals surface area contributed by atoms with Crippen molar-refractivity contribution in [1.82, 2.24) is 15.1 Å². The van der Waals surface area contributed by atoms with Gasteiger partial charge in [-0.05, 0) is 114 Å². The first-order valence-corrected chi connectivity index (χ1v) is 12.8. The van der Waals surface area contributed by atoms with Gasteiger partial charge in [0.15, 0.2) is 5.11 Å². The van der Waals surface area contributed by atoms with Crippen LogP contribution in [0, 0.1) is 17.8 Å². The van der Waals surface area contributed by atoms with Gasteiger partial charge in [-0.15, -0.1) is 0 Å². The van der Waals surface area contributed by atoms with Crippen molar-refractivity contribution in [2.45, 2.75) is 76.7 Å². The maximum absolute atomic E-state index is 13.3. The third-order valence-electron chi connectivity index (χ3n) is 8.27. The third kappa shape index (κ3) is 4.38. The minimum absolute atomic E-state index is 0.193. The van der Waals surface area contributed by atoms with E-state index in [0.29, 0.717) is 29.9 Å². The highest BCUT2D eigenvalue weighted by Gasteiger charge is 2.44. The summed E-state index contributed by atoms with van der Waals surface area (Å²) in [5, 5.41) is 3.05. The molecular weight excluding hydrogens is 406 g/mol. The molecule has 0 spiro atoms. The number of carbonyl (C=O) groups excluding carboxylic acids is 2. The quantitative estimate of drug-likeness (QED) is 0.311. The van der Waals surface area contributed by atoms with Crippen LogP contribution in [0.3, 0.4) is 0 Å². The van der Waals surface area contributed by atoms with Crippen LogP contribution < -0.4 is 5.32 Å². The Morgan fingerprint density at radius 3 is 2.48 bits per heavy atom. The van der Waals surface area contributed by atoms with Gasteiger partial charge in [-0.1, -0.05) is 17.7 Å². The highest BCUT2D eigenvalue weighted by molar-refractivity contribution is 7.80. The molecule has 0 bridgehead atoms. The molecule has 2 unspecified atom stereocenters. The van der Waals surface area contributed by atoms with Crippen molar-refractivity contribution in [2.24, 2.45) is 17.8 Å². The highest BCUT2D eigenvalue weighted by Crippen LogP contribution is 2.46. The first-order chi connectivity index (χ1) is 15.1. The van der Waals surface area contributed by atoms with Crippen LogP contribution in [-0.4, -0.2) is 52.4 Å². The van der Waals surface area contributed by atoms with Crippen molar-refractivity contribution in [3.05, 3.63) is 23.3 Å². The van der Waals surface area contributed by atoms with E-state index in [2.05, 4.69) is 16.3 Å². The molecule has 1 saturated carbocycles. The summed E-state index contributed by atoms with van der Waals surface area (Å²) in [4.78, 5) is 30.3. The van der Waals surface area contributed by atoms with Crippen LogP contribution in [0.5, 0.6) is 0 Å². The fourth-order valence-corrected chi connectivity index (χ4v) is 7.18. The Balaban J connectivity index is 1.30. The van der Waals surface area contributed by atoms with Crippen molar-refractivity contribution >= 4 is 29.1 Å². The van der Waals surface area contributed by atoms with Crippen LogP contribution in [0.1, 0.15) is 70.6 Å². The van der Waals surface area contributed by atoms with E-state index in [1.165, 1.54) is 57.2 Å². The zero-order valence-electron chi connectivity index (χ0n) is 18.5. The van der Waals surface area contributed by atoms with Gasteiger partial charge in [0.1, 0.15) is 5.57 Å². The molecule has 3 saturated heterocycles. The molecule has 6 heteroatoms. The summed E-state index contributed by atoms with van der Waals surface area (Å²) in [6, 6.07) is 0.737. The van der Waals surface area contributed by atoms with E-state index < -0.39 is 0 Å². The topological polar surface area (TPSA) is 52.7 Å². The maximum atomic E-state index is 13.3. The lowest BCUT2D eigenvalue weighted by Gasteiger charge is -2.53. The van der Waals surface area contributed by atoms with Crippen molar-refractivity contribution in [1.29, 1.82) is 0 Å². The molecule has 3 aliphatic heterocycles. The average Bonchev–Trinajstić information content (AvgIpc) is 2.77. The zero-order chi connectivity index (χ0) is 21.4. The van der Waals surface area contributed by atoms with Crippen LogP contribution in [-0.2, 0) is 9.59 Å². The highest BCUT2D eigenvalue weighted by atomic mass is 32.1. The molecule has 5 nitrogen and oxygen atoms in total. The fourth-order valence-electron chi connectivity index (χ4n) is 6.91. The molecular formula is C25H35N3O2S. The number of thiocarbonyl (C=S) groups is 1. The van der Waals surface area contributed by atoms with E-state index in [1.807, 2.05) is 6.08 Å². The third-order valence-corrected chi connectivity index (χ3v) is 8.59. The van der Waals surface area contributed by atoms with Gasteiger partial charge in [-0.25, -0.2) is 0 Å². The molecule has 0 aromatic carbocycles. The minimum Gasteiger partial charge on any atom is -0.300 e. The Bertz CT molecular complexity index is 800. The Hall–Kier alpha value is -1.53. The first kappa shape index (κ1) is 21.3. The van der Waals surface area contributed by atoms with E-state index in [9.17, 15) is 9.59 Å². The van der Waals surface area contributed by atoms with Gasteiger partial charge in [-0.2, -0.15) is 0 Å². The SMILES string of the molecule is O=C1NC(=S)N(CCC2=CCCCC2)C(=O)/C1=C/C1CC2CCCN3CCCC(C1)C23. The van der Waals surface area contributed by atoms with Crippen LogP contribution >= 0.6 is 12.2 Å². The van der Waals surface area contributed by atoms with Crippen molar-refractivity contribution < 1.29 is 9.59 Å². The van der Waals surface area contributed by atoms with Gasteiger partial charge in [0.05, 0.1) is 0 Å². The van der Waals surface area contributed by atoms with Crippen molar-refractivity contribution in [2.75, 3.05) is 19.6 Å². The second-order valence-corrected chi connectivity index (χ2v) is 10.6. The zero-order valence-corrected chi connectivity index (χ0v) is 19.3. The predicted octanol–water partition coefficient (Wildman–Crippen LogP) is 3.95. The molecule has 3 heterocycles. The fraction of sp³-hybridized carbons (Fsp3) is 0.720. The molecule has 5 rings (SSSR count). The summed E-state index contributed by atoms with van der Waals surface area (Å²) in [5.74, 6) is 1.25. The normalized spacial score (nSPS) is 35.6. The number of hydrogen-bond acceptors (Lipinski definition) is 4. The van der Waals surface area contributed by atoms with Gasteiger partial charge in [-0.3, -0.25) is 24.7 Å². The van der Waals surface area contributed by atoms with Crippen LogP contribution in [0.15, 0.2) is 23.3 Å². The number of amides is 2. The first-order valence-electron chi connectivity index (χ1n) is 12.4. The minimum atomic E-state index is -0.306. The summed E-state index contributed by atoms with van der Waals surface area (Å²) >= 11 is 5.36. The Morgan fingerprint density at radius 1 is 1.06 bits per heavy atom. The molecule has 4 fully saturated rings. The Kier molecular flexibility index (Phi) is 6.29. The largest absolute Gasteiger partial charge is 0.300 e. The summed E-state index contributed by atoms with van der Waals surface area (Å²) < 4.78 is 0. The lowest BCUT2D eigenvalue weighted by molar-refractivity contribution is -0.129. The predicted molar refractivity (Wildman–Crippen MR) is 125 cm³/mol. The summed E-state index contributed by atoms with van der Waals surface area (Å²) in [6.45, 7) is 3.08. The van der Waals surface area contributed by atoms with E-state index in [-0.39, 0.29) is 16.9 Å². The molecule has 2 amide bonds. The van der Waals surface area contributed by atoms with Crippen LogP contribution in [0.4, 0.5) is 0 Å². The molecule has 5 aliphatic rings. The summed E-state index contributed by atoms with van der Waals surface area (Å²) in [6.07, 6.45) is 17.3. The lowest BCUT2D eigenvalue weighted by atomic mass is 9.65. The molecule has 2 atom stereocenters. The molecule has 0 radical (unpaired) electrons. The number of allylic oxidation sites excluding steroid dienone is 2. The van der Waals surface area contributed by atoms with E-state index in [4.69, 9.17) is 12.2 Å². The second-order valence-electron chi connectivity index (χ2n) is 10.2. The standard InChI is InChI=1S/C25H35N3O2S/c29-23-21(24(30)28(25(31)26-23)13-10-17-6-2-1-3-7-17)16-18-14-19-8-4-11-27-12-5-9-20(15-18)22(19)27/h6,16,18-20,22H,1-5,7-15H2,(H,26,29,31)/b21-16+. The van der Waals surface area contributed by atoms with Gasteiger partial charge in [0, 0.05) is 12.6 Å². The molecule has 1 N–H and O–H groups in total. The number of nitrogens with one attached hydrogen (secondary N) is 1. The number of nitrogens with zero attached hydrogens (tertiary/aromatic N) is 2. The van der Waals surface area contributed by atoms with Gasteiger partial charge in [0.2, 0.25) is 0 Å². The number of carbonyl (C=O) groups is 2. The van der Waals surface area contributed by atoms with Crippen molar-refractivity contribution in [3.63, 3.8) is 0 Å². The second kappa shape index (κ2) is 9.14. The summed E-state index contributed by atoms with van der Waals surface area (Å²) in [5.41, 5.74) is 1.74. The molecule has 31 heavy (non-hydrogen) atoms. The molecule has 168 valence electrons. The van der Waals surface area contributed by atoms with E-state index in [1.54, 1.807) is 4.90 Å². The van der Waals surface area contributed by atoms with Gasteiger partial charge < -0.3 is 0 Å². The lowest BCUT2D eigenvalue weighted by Crippen LogP contribution is -2.56. The van der Waals surface area contributed by atoms with Crippen molar-refractivity contribution in [3.8, 4) is 0 Å².